The number of hydrogen-bond donors (Lipinski definition) is 4. The van der Waals surface area contributed by atoms with Gasteiger partial charge in [-0.05, 0) is 40.5 Å². The third kappa shape index (κ3) is 3.24. The van der Waals surface area contributed by atoms with Gasteiger partial charge < -0.3 is 26.4 Å². The van der Waals surface area contributed by atoms with E-state index in [1.165, 1.54) is 6.33 Å². The monoisotopic (exact) mass is 508 g/mol. The smallest absolute Gasteiger partial charge is 0.194 e. The van der Waals surface area contributed by atoms with Gasteiger partial charge in [0.15, 0.2) is 22.8 Å². The first-order chi connectivity index (χ1) is 18.4. The van der Waals surface area contributed by atoms with Crippen molar-refractivity contribution >= 4 is 39.2 Å². The topological polar surface area (TPSA) is 162 Å². The molecule has 3 aromatic carbocycles. The highest BCUT2D eigenvalue weighted by atomic mass is 16.5. The SMILES string of the molecule is Nc1cc2ccc3c(c2cc1-c1nc2c(N)ncnc2n1[C@H]1C[C@H](O)[C@@H](CO)O1)C(=O)c1ccccc1C3. The van der Waals surface area contributed by atoms with E-state index in [9.17, 15) is 15.0 Å². The van der Waals surface area contributed by atoms with Gasteiger partial charge in [0, 0.05) is 28.8 Å². The minimum absolute atomic E-state index is 0.0279. The number of rotatable bonds is 3. The van der Waals surface area contributed by atoms with Crippen molar-refractivity contribution < 1.29 is 19.7 Å². The number of imidazole rings is 1. The van der Waals surface area contributed by atoms with Crippen molar-refractivity contribution in [2.45, 2.75) is 31.3 Å². The number of benzene rings is 3. The van der Waals surface area contributed by atoms with E-state index in [2.05, 4.69) is 9.97 Å². The molecule has 0 amide bonds. The number of nitrogens with zero attached hydrogens (tertiary/aromatic N) is 4. The number of anilines is 2. The fraction of sp³-hybridized carbons (Fsp3) is 0.214. The predicted molar refractivity (Wildman–Crippen MR) is 141 cm³/mol. The van der Waals surface area contributed by atoms with Gasteiger partial charge in [-0.2, -0.15) is 0 Å². The summed E-state index contributed by atoms with van der Waals surface area (Å²) in [5, 5.41) is 21.7. The van der Waals surface area contributed by atoms with E-state index >= 15 is 0 Å². The van der Waals surface area contributed by atoms with Gasteiger partial charge in [0.05, 0.1) is 12.7 Å². The molecule has 10 nitrogen and oxygen atoms in total. The fourth-order valence-electron chi connectivity index (χ4n) is 5.71. The molecule has 190 valence electrons. The maximum Gasteiger partial charge on any atom is 0.194 e. The van der Waals surface area contributed by atoms with Crippen LogP contribution in [-0.4, -0.2) is 54.3 Å². The van der Waals surface area contributed by atoms with E-state index < -0.39 is 18.4 Å². The molecule has 0 saturated carbocycles. The molecule has 1 aliphatic carbocycles. The van der Waals surface area contributed by atoms with Gasteiger partial charge in [0.25, 0.3) is 0 Å². The summed E-state index contributed by atoms with van der Waals surface area (Å²) in [6.45, 7) is -0.329. The van der Waals surface area contributed by atoms with Gasteiger partial charge in [0.1, 0.15) is 24.5 Å². The molecule has 0 unspecified atom stereocenters. The number of ketones is 1. The molecular formula is C28H24N6O4. The van der Waals surface area contributed by atoms with Crippen LogP contribution in [0.3, 0.4) is 0 Å². The molecule has 0 radical (unpaired) electrons. The summed E-state index contributed by atoms with van der Waals surface area (Å²) in [5.74, 6) is 0.583. The van der Waals surface area contributed by atoms with E-state index in [1.807, 2.05) is 48.5 Å². The zero-order chi connectivity index (χ0) is 26.1. The van der Waals surface area contributed by atoms with Crippen LogP contribution in [0.4, 0.5) is 11.5 Å². The van der Waals surface area contributed by atoms with Gasteiger partial charge in [0.2, 0.25) is 0 Å². The zero-order valence-electron chi connectivity index (χ0n) is 20.2. The van der Waals surface area contributed by atoms with Crippen LogP contribution in [0.15, 0.2) is 54.9 Å². The largest absolute Gasteiger partial charge is 0.398 e. The summed E-state index contributed by atoms with van der Waals surface area (Å²) >= 11 is 0. The maximum atomic E-state index is 13.7. The van der Waals surface area contributed by atoms with Crippen molar-refractivity contribution in [2.75, 3.05) is 18.1 Å². The quantitative estimate of drug-likeness (QED) is 0.263. The van der Waals surface area contributed by atoms with E-state index in [0.29, 0.717) is 45.8 Å². The summed E-state index contributed by atoms with van der Waals surface area (Å²) in [4.78, 5) is 26.9. The molecule has 7 rings (SSSR count). The number of carbonyl (C=O) groups excluding carboxylic acids is 1. The second-order valence-corrected chi connectivity index (χ2v) is 9.77. The molecule has 3 atom stereocenters. The van der Waals surface area contributed by atoms with E-state index in [1.54, 1.807) is 4.57 Å². The summed E-state index contributed by atoms with van der Waals surface area (Å²) in [6, 6.07) is 15.3. The van der Waals surface area contributed by atoms with Crippen molar-refractivity contribution in [1.82, 2.24) is 19.5 Å². The van der Waals surface area contributed by atoms with Crippen LogP contribution in [0, 0.1) is 0 Å². The average molecular weight is 509 g/mol. The maximum absolute atomic E-state index is 13.7. The second kappa shape index (κ2) is 8.32. The number of carbonyl (C=O) groups is 1. The first-order valence-electron chi connectivity index (χ1n) is 12.4. The lowest BCUT2D eigenvalue weighted by Gasteiger charge is -2.21. The summed E-state index contributed by atoms with van der Waals surface area (Å²) in [6.07, 6.45) is -0.0780. The lowest BCUT2D eigenvalue weighted by Crippen LogP contribution is -2.24. The van der Waals surface area contributed by atoms with Crippen LogP contribution < -0.4 is 11.5 Å². The Kier molecular flexibility index (Phi) is 4.99. The number of aliphatic hydroxyl groups excluding tert-OH is 2. The van der Waals surface area contributed by atoms with Crippen molar-refractivity contribution in [2.24, 2.45) is 0 Å². The Morgan fingerprint density at radius 2 is 1.89 bits per heavy atom. The standard InChI is InChI=1S/C28H24N6O4/c29-19-8-14-5-6-15-7-13-3-1-2-4-16(13)25(37)23(15)17(14)9-18(19)27-33-24-26(30)31-12-32-28(24)34(27)22-10-20(36)21(11-35)38-22/h1-6,8-9,12,20-22,35-36H,7,10-11,29H2,(H2,30,31,32)/t20-,21+,22+/m0/s1. The minimum atomic E-state index is -0.867. The van der Waals surface area contributed by atoms with E-state index in [-0.39, 0.29) is 24.6 Å². The summed E-state index contributed by atoms with van der Waals surface area (Å²) < 4.78 is 7.71. The molecule has 1 saturated heterocycles. The molecule has 10 heteroatoms. The van der Waals surface area contributed by atoms with Crippen molar-refractivity contribution in [3.63, 3.8) is 0 Å². The van der Waals surface area contributed by atoms with Gasteiger partial charge >= 0.3 is 0 Å². The molecule has 0 spiro atoms. The Labute approximate surface area is 216 Å². The molecule has 6 N–H and O–H groups in total. The first kappa shape index (κ1) is 22.8. The van der Waals surface area contributed by atoms with Gasteiger partial charge in [-0.15, -0.1) is 0 Å². The normalized spacial score (nSPS) is 20.7. The Morgan fingerprint density at radius 1 is 1.05 bits per heavy atom. The number of nitrogens with two attached hydrogens (primary N) is 2. The van der Waals surface area contributed by atoms with Gasteiger partial charge in [-0.3, -0.25) is 9.36 Å². The predicted octanol–water partition coefficient (Wildman–Crippen LogP) is 2.59. The Hall–Kier alpha value is -4.38. The highest BCUT2D eigenvalue weighted by Gasteiger charge is 2.37. The fourth-order valence-corrected chi connectivity index (χ4v) is 5.71. The highest BCUT2D eigenvalue weighted by Crippen LogP contribution is 2.41. The Bertz CT molecular complexity index is 1780. The number of aromatic nitrogens is 4. The average Bonchev–Trinajstić information content (AvgIpc) is 3.49. The molecule has 2 aromatic heterocycles. The van der Waals surface area contributed by atoms with Crippen LogP contribution in [0.25, 0.3) is 33.3 Å². The third-order valence-electron chi connectivity index (χ3n) is 7.56. The zero-order valence-corrected chi connectivity index (χ0v) is 20.2. The van der Waals surface area contributed by atoms with Crippen molar-refractivity contribution in [1.29, 1.82) is 0 Å². The number of ether oxygens (including phenoxy) is 1. The molecule has 2 aliphatic rings. The molecule has 1 aliphatic heterocycles. The molecule has 38 heavy (non-hydrogen) atoms. The van der Waals surface area contributed by atoms with Crippen molar-refractivity contribution in [3.05, 3.63) is 77.1 Å². The highest BCUT2D eigenvalue weighted by molar-refractivity contribution is 6.20. The number of aliphatic hydroxyl groups is 2. The van der Waals surface area contributed by atoms with E-state index in [0.717, 1.165) is 21.9 Å². The third-order valence-corrected chi connectivity index (χ3v) is 7.56. The summed E-state index contributed by atoms with van der Waals surface area (Å²) in [7, 11) is 0. The van der Waals surface area contributed by atoms with E-state index in [4.69, 9.17) is 21.2 Å². The van der Waals surface area contributed by atoms with Crippen LogP contribution >= 0.6 is 0 Å². The van der Waals surface area contributed by atoms with Gasteiger partial charge in [-0.25, -0.2) is 15.0 Å². The van der Waals surface area contributed by atoms with Crippen molar-refractivity contribution in [3.8, 4) is 11.4 Å². The van der Waals surface area contributed by atoms with Gasteiger partial charge in [-0.1, -0.05) is 36.4 Å². The molecule has 0 bridgehead atoms. The van der Waals surface area contributed by atoms with Crippen LogP contribution in [-0.2, 0) is 11.2 Å². The second-order valence-electron chi connectivity index (χ2n) is 9.77. The van der Waals surface area contributed by atoms with Crippen LogP contribution in [0.2, 0.25) is 0 Å². The number of fused-ring (bicyclic) bond motifs is 5. The number of hydrogen-bond acceptors (Lipinski definition) is 9. The summed E-state index contributed by atoms with van der Waals surface area (Å²) in [5.41, 5.74) is 17.8. The Morgan fingerprint density at radius 3 is 2.71 bits per heavy atom. The first-order valence-corrected chi connectivity index (χ1v) is 12.4. The van der Waals surface area contributed by atoms with Crippen LogP contribution in [0.5, 0.6) is 0 Å². The minimum Gasteiger partial charge on any atom is -0.398 e. The van der Waals surface area contributed by atoms with Crippen LogP contribution in [0.1, 0.15) is 39.7 Å². The lowest BCUT2D eigenvalue weighted by molar-refractivity contribution is -0.0426. The molecule has 1 fully saturated rings. The number of nitrogen functional groups attached to an aromatic ring is 2. The lowest BCUT2D eigenvalue weighted by atomic mass is 9.82. The molecular weight excluding hydrogens is 484 g/mol. The molecule has 3 heterocycles. The molecule has 5 aromatic rings. The Balaban J connectivity index is 1.47.